The van der Waals surface area contributed by atoms with Gasteiger partial charge in [0.2, 0.25) is 11.8 Å². The van der Waals surface area contributed by atoms with Gasteiger partial charge < -0.3 is 24.3 Å². The smallest absolute Gasteiger partial charge is 0.307 e. The molecule has 2 aliphatic heterocycles. The van der Waals surface area contributed by atoms with Crippen LogP contribution in [0.2, 0.25) is 0 Å². The number of aromatic nitrogens is 2. The summed E-state index contributed by atoms with van der Waals surface area (Å²) in [7, 11) is 0. The fourth-order valence-corrected chi connectivity index (χ4v) is 6.66. The molecule has 5 rings (SSSR count). The van der Waals surface area contributed by atoms with Gasteiger partial charge in [-0.1, -0.05) is 40.5 Å². The van der Waals surface area contributed by atoms with E-state index in [2.05, 4.69) is 0 Å². The minimum atomic E-state index is -0.674. The summed E-state index contributed by atoms with van der Waals surface area (Å²) >= 11 is 0. The molecule has 9 nitrogen and oxygen atoms in total. The van der Waals surface area contributed by atoms with Crippen LogP contribution in [0.15, 0.2) is 18.2 Å². The number of hydrogen-bond donors (Lipinski definition) is 1. The molecule has 222 valence electrons. The maximum absolute atomic E-state index is 14.1. The number of nitrogens with zero attached hydrogens (tertiary/aromatic N) is 3. The molecular formula is C32H43N3O6. The Morgan fingerprint density at radius 2 is 1.93 bits per heavy atom. The van der Waals surface area contributed by atoms with Gasteiger partial charge in [0.05, 0.1) is 36.0 Å². The number of benzene rings is 1. The van der Waals surface area contributed by atoms with Crippen LogP contribution in [0, 0.1) is 23.2 Å². The number of phenolic OH excluding ortho intramolecular Hbond substituents is 1. The summed E-state index contributed by atoms with van der Waals surface area (Å²) in [4.78, 5) is 50.9. The van der Waals surface area contributed by atoms with Crippen LogP contribution in [0.5, 0.6) is 11.6 Å². The van der Waals surface area contributed by atoms with Crippen molar-refractivity contribution in [2.45, 2.75) is 104 Å². The van der Waals surface area contributed by atoms with Crippen molar-refractivity contribution in [3.05, 3.63) is 23.9 Å². The van der Waals surface area contributed by atoms with Gasteiger partial charge in [-0.3, -0.25) is 9.59 Å². The number of hydrogen-bond acceptors (Lipinski definition) is 8. The Labute approximate surface area is 242 Å². The summed E-state index contributed by atoms with van der Waals surface area (Å²) in [5.41, 5.74) is 0.952. The molecule has 2 fully saturated rings. The van der Waals surface area contributed by atoms with Gasteiger partial charge in [0.15, 0.2) is 0 Å². The summed E-state index contributed by atoms with van der Waals surface area (Å²) in [6, 6.07) is 4.23. The van der Waals surface area contributed by atoms with Crippen LogP contribution in [0.3, 0.4) is 0 Å². The zero-order valence-electron chi connectivity index (χ0n) is 24.9. The summed E-state index contributed by atoms with van der Waals surface area (Å²) in [5.74, 6) is -0.674. The van der Waals surface area contributed by atoms with Gasteiger partial charge in [0.1, 0.15) is 29.4 Å². The quantitative estimate of drug-likeness (QED) is 0.399. The zero-order valence-corrected chi connectivity index (χ0v) is 24.9. The minimum absolute atomic E-state index is 0.0289. The topological polar surface area (TPSA) is 119 Å². The van der Waals surface area contributed by atoms with E-state index in [9.17, 15) is 19.5 Å². The van der Waals surface area contributed by atoms with Crippen LogP contribution in [0.25, 0.3) is 11.0 Å². The summed E-state index contributed by atoms with van der Waals surface area (Å²) in [5, 5.41) is 10.0. The van der Waals surface area contributed by atoms with Crippen LogP contribution in [-0.2, 0) is 25.5 Å². The van der Waals surface area contributed by atoms with Crippen LogP contribution >= 0.6 is 0 Å². The number of rotatable bonds is 2. The number of ether oxygens (including phenoxy) is 2. The highest BCUT2D eigenvalue weighted by atomic mass is 16.6. The van der Waals surface area contributed by atoms with E-state index >= 15 is 0 Å². The Morgan fingerprint density at radius 3 is 2.63 bits per heavy atom. The number of aryl methyl sites for hydroxylation is 1. The van der Waals surface area contributed by atoms with E-state index in [-0.39, 0.29) is 36.5 Å². The first-order chi connectivity index (χ1) is 19.4. The molecule has 0 unspecified atom stereocenters. The Hall–Kier alpha value is -3.23. The summed E-state index contributed by atoms with van der Waals surface area (Å²) in [6.07, 6.45) is 6.35. The van der Waals surface area contributed by atoms with Crippen molar-refractivity contribution in [2.24, 2.45) is 23.2 Å². The molecule has 1 aromatic carbocycles. The van der Waals surface area contributed by atoms with E-state index in [0.717, 1.165) is 44.1 Å². The maximum atomic E-state index is 14.1. The normalized spacial score (nSPS) is 31.3. The Bertz CT molecular complexity index is 1320. The second-order valence-corrected chi connectivity index (χ2v) is 13.4. The van der Waals surface area contributed by atoms with Gasteiger partial charge in [0.25, 0.3) is 0 Å². The van der Waals surface area contributed by atoms with E-state index in [1.807, 2.05) is 34.6 Å². The third-order valence-corrected chi connectivity index (χ3v) is 9.38. The van der Waals surface area contributed by atoms with Crippen LogP contribution in [-0.4, -0.2) is 62.4 Å². The average Bonchev–Trinajstić information content (AvgIpc) is 3.39. The van der Waals surface area contributed by atoms with E-state index in [4.69, 9.17) is 19.4 Å². The molecule has 1 aliphatic carbocycles. The van der Waals surface area contributed by atoms with Crippen molar-refractivity contribution in [2.75, 3.05) is 6.54 Å². The molecule has 0 spiro atoms. The number of phenols is 1. The lowest BCUT2D eigenvalue weighted by molar-refractivity contribution is -0.158. The Morgan fingerprint density at radius 1 is 1.15 bits per heavy atom. The highest BCUT2D eigenvalue weighted by Gasteiger charge is 2.54. The molecule has 1 saturated carbocycles. The third-order valence-electron chi connectivity index (χ3n) is 9.38. The third kappa shape index (κ3) is 6.04. The van der Waals surface area contributed by atoms with Crippen molar-refractivity contribution in [3.8, 4) is 11.6 Å². The predicted octanol–water partition coefficient (Wildman–Crippen LogP) is 5.01. The lowest BCUT2D eigenvalue weighted by Crippen LogP contribution is -2.46. The van der Waals surface area contributed by atoms with E-state index in [1.54, 1.807) is 23.1 Å². The number of amides is 1. The second-order valence-electron chi connectivity index (χ2n) is 13.4. The molecule has 1 saturated heterocycles. The standard InChI is InChI=1S/C32H43N3O6/c1-6-21-26(18-36)35-17-27(21)40-29-24(33-23-13-12-20(37)14-25(23)34-29)11-9-7-8-10-19-16-32(19,5)41-28(38)15-22(30(35)39)31(2,3)4/h12-14,18-19,21-22,26-27,37H,6-11,15-17H2,1-5H3/t19-,21+,22-,26-,27+,32-/m1/s1. The lowest BCUT2D eigenvalue weighted by atomic mass is 9.77. The number of aromatic hydroxyl groups is 1. The van der Waals surface area contributed by atoms with Gasteiger partial charge in [-0.25, -0.2) is 9.97 Å². The van der Waals surface area contributed by atoms with Crippen LogP contribution in [0.1, 0.15) is 85.3 Å². The first-order valence-corrected chi connectivity index (χ1v) is 15.1. The van der Waals surface area contributed by atoms with Crippen molar-refractivity contribution in [1.29, 1.82) is 0 Å². The fraction of sp³-hybridized carbons (Fsp3) is 0.656. The first-order valence-electron chi connectivity index (χ1n) is 15.1. The fourth-order valence-electron chi connectivity index (χ4n) is 6.66. The van der Waals surface area contributed by atoms with Gasteiger partial charge in [-0.2, -0.15) is 0 Å². The van der Waals surface area contributed by atoms with Crippen molar-refractivity contribution >= 4 is 29.2 Å². The number of carbonyl (C=O) groups excluding carboxylic acids is 3. The summed E-state index contributed by atoms with van der Waals surface area (Å²) in [6.45, 7) is 10.0. The zero-order chi connectivity index (χ0) is 29.5. The number of esters is 1. The van der Waals surface area contributed by atoms with E-state index < -0.39 is 29.1 Å². The first kappa shape index (κ1) is 29.3. The van der Waals surface area contributed by atoms with Gasteiger partial charge >= 0.3 is 5.97 Å². The van der Waals surface area contributed by atoms with Crippen LogP contribution < -0.4 is 4.74 Å². The molecule has 9 heteroatoms. The molecule has 3 aliphatic rings. The van der Waals surface area contributed by atoms with Crippen LogP contribution in [0.4, 0.5) is 0 Å². The van der Waals surface area contributed by atoms with Crippen molar-refractivity contribution in [3.63, 3.8) is 0 Å². The number of carbonyl (C=O) groups is 3. The largest absolute Gasteiger partial charge is 0.508 e. The molecule has 2 bridgehead atoms. The maximum Gasteiger partial charge on any atom is 0.307 e. The molecule has 1 amide bonds. The lowest BCUT2D eigenvalue weighted by Gasteiger charge is -2.34. The second kappa shape index (κ2) is 11.2. The van der Waals surface area contributed by atoms with Crippen molar-refractivity contribution < 1.29 is 29.0 Å². The van der Waals surface area contributed by atoms with Gasteiger partial charge in [-0.15, -0.1) is 0 Å². The van der Waals surface area contributed by atoms with E-state index in [1.165, 1.54) is 0 Å². The molecular weight excluding hydrogens is 522 g/mol. The molecule has 3 heterocycles. The minimum Gasteiger partial charge on any atom is -0.508 e. The Kier molecular flexibility index (Phi) is 8.01. The molecule has 0 radical (unpaired) electrons. The molecule has 1 N–H and O–H groups in total. The monoisotopic (exact) mass is 565 g/mol. The molecule has 2 aromatic rings. The SMILES string of the molecule is CC[C@@H]1[C@@H]2CN(C(=O)[C@H](C(C)(C)C)CC(=O)O[C@]3(C)C[C@H]3CCCCCc3nc4ccc(O)cc4nc3O2)[C@@H]1C=O. The summed E-state index contributed by atoms with van der Waals surface area (Å²) < 4.78 is 12.5. The highest BCUT2D eigenvalue weighted by Crippen LogP contribution is 2.50. The van der Waals surface area contributed by atoms with Gasteiger partial charge in [-0.05, 0) is 56.6 Å². The van der Waals surface area contributed by atoms with E-state index in [0.29, 0.717) is 35.7 Å². The Balaban J connectivity index is 1.52. The molecule has 6 atom stereocenters. The predicted molar refractivity (Wildman–Crippen MR) is 153 cm³/mol. The highest BCUT2D eigenvalue weighted by molar-refractivity contribution is 5.87. The van der Waals surface area contributed by atoms with Gasteiger partial charge in [0, 0.05) is 17.9 Å². The number of fused-ring (bicyclic) bond motifs is 5. The average molecular weight is 566 g/mol. The molecule has 1 aromatic heterocycles. The number of aldehydes is 1. The van der Waals surface area contributed by atoms with Crippen molar-refractivity contribution in [1.82, 2.24) is 14.9 Å². The molecule has 41 heavy (non-hydrogen) atoms.